The normalized spacial score (nSPS) is 10.3. The van der Waals surface area contributed by atoms with Crippen molar-refractivity contribution >= 4 is 5.95 Å². The second-order valence-electron chi connectivity index (χ2n) is 3.92. The molecule has 100 valence electrons. The number of pyridine rings is 1. The zero-order valence-corrected chi connectivity index (χ0v) is 11.3. The van der Waals surface area contributed by atoms with Crippen LogP contribution < -0.4 is 10.1 Å². The molecule has 6 heteroatoms. The van der Waals surface area contributed by atoms with Gasteiger partial charge < -0.3 is 10.1 Å². The lowest BCUT2D eigenvalue weighted by atomic mass is 10.1. The Morgan fingerprint density at radius 2 is 2.05 bits per heavy atom. The van der Waals surface area contributed by atoms with Crippen molar-refractivity contribution in [2.75, 3.05) is 18.5 Å². The molecule has 0 fully saturated rings. The van der Waals surface area contributed by atoms with E-state index >= 15 is 0 Å². The van der Waals surface area contributed by atoms with Crippen molar-refractivity contribution in [2.24, 2.45) is 0 Å². The van der Waals surface area contributed by atoms with Gasteiger partial charge in [-0.05, 0) is 32.4 Å². The maximum atomic E-state index is 5.38. The van der Waals surface area contributed by atoms with Gasteiger partial charge in [0.25, 0.3) is 0 Å². The lowest BCUT2D eigenvalue weighted by Gasteiger charge is -2.09. The molecule has 0 bridgehead atoms. The number of rotatable bonds is 5. The molecule has 0 saturated carbocycles. The van der Waals surface area contributed by atoms with Gasteiger partial charge in [-0.2, -0.15) is 15.0 Å². The highest BCUT2D eigenvalue weighted by atomic mass is 16.5. The molecule has 0 amide bonds. The van der Waals surface area contributed by atoms with E-state index < -0.39 is 0 Å². The molecular weight excluding hydrogens is 242 g/mol. The molecule has 2 rings (SSSR count). The second-order valence-corrected chi connectivity index (χ2v) is 3.92. The fourth-order valence-corrected chi connectivity index (χ4v) is 1.63. The lowest BCUT2D eigenvalue weighted by Crippen LogP contribution is -2.08. The molecule has 0 saturated heterocycles. The van der Waals surface area contributed by atoms with E-state index in [0.717, 1.165) is 17.7 Å². The van der Waals surface area contributed by atoms with E-state index in [1.54, 1.807) is 12.4 Å². The molecule has 2 aromatic heterocycles. The Morgan fingerprint density at radius 1 is 1.21 bits per heavy atom. The van der Waals surface area contributed by atoms with Crippen LogP contribution in [-0.4, -0.2) is 33.1 Å². The quantitative estimate of drug-likeness (QED) is 0.886. The molecule has 2 heterocycles. The Hall–Kier alpha value is -2.24. The number of nitrogens with one attached hydrogen (secondary N) is 1. The summed E-state index contributed by atoms with van der Waals surface area (Å²) in [4.78, 5) is 17.0. The fraction of sp³-hybridized carbons (Fsp3) is 0.385. The number of ether oxygens (including phenoxy) is 1. The molecule has 0 unspecified atom stereocenters. The van der Waals surface area contributed by atoms with Crippen LogP contribution in [0.5, 0.6) is 6.01 Å². The minimum Gasteiger partial charge on any atom is -0.464 e. The van der Waals surface area contributed by atoms with Gasteiger partial charge in [-0.15, -0.1) is 0 Å². The monoisotopic (exact) mass is 259 g/mol. The number of aromatic nitrogens is 4. The molecule has 2 aromatic rings. The van der Waals surface area contributed by atoms with Gasteiger partial charge >= 0.3 is 6.01 Å². The first kappa shape index (κ1) is 13.2. The Labute approximate surface area is 112 Å². The highest BCUT2D eigenvalue weighted by molar-refractivity contribution is 5.60. The summed E-state index contributed by atoms with van der Waals surface area (Å²) in [5, 5.41) is 3.08. The molecule has 0 spiro atoms. The first-order chi connectivity index (χ1) is 9.24. The van der Waals surface area contributed by atoms with Gasteiger partial charge in [-0.25, -0.2) is 0 Å². The molecule has 0 atom stereocenters. The van der Waals surface area contributed by atoms with Crippen LogP contribution in [0.3, 0.4) is 0 Å². The second kappa shape index (κ2) is 6.08. The van der Waals surface area contributed by atoms with Crippen LogP contribution in [0.2, 0.25) is 0 Å². The van der Waals surface area contributed by atoms with Gasteiger partial charge in [-0.1, -0.05) is 0 Å². The smallest absolute Gasteiger partial charge is 0.321 e. The average molecular weight is 259 g/mol. The third-order valence-corrected chi connectivity index (χ3v) is 2.48. The SMILES string of the molecule is CCNc1nc(OCC)nc(-c2ccncc2C)n1. The van der Waals surface area contributed by atoms with E-state index in [0.29, 0.717) is 24.4 Å². The molecule has 1 N–H and O–H groups in total. The number of aryl methyl sites for hydroxylation is 1. The lowest BCUT2D eigenvalue weighted by molar-refractivity contribution is 0.312. The molecule has 0 aliphatic heterocycles. The van der Waals surface area contributed by atoms with Crippen molar-refractivity contribution in [1.29, 1.82) is 0 Å². The Kier molecular flexibility index (Phi) is 4.22. The molecule has 0 radical (unpaired) electrons. The van der Waals surface area contributed by atoms with E-state index in [-0.39, 0.29) is 0 Å². The molecule has 0 aliphatic rings. The summed E-state index contributed by atoms with van der Waals surface area (Å²) in [5.74, 6) is 1.11. The predicted molar refractivity (Wildman–Crippen MR) is 73.1 cm³/mol. The average Bonchev–Trinajstić information content (AvgIpc) is 2.40. The Bertz CT molecular complexity index is 534. The first-order valence-corrected chi connectivity index (χ1v) is 6.28. The van der Waals surface area contributed by atoms with E-state index in [1.807, 2.05) is 26.8 Å². The standard InChI is InChI=1S/C13H17N5O/c1-4-15-12-16-11(17-13(18-12)19-5-2)10-6-7-14-8-9(10)3/h6-8H,4-5H2,1-3H3,(H,15,16,17,18). The van der Waals surface area contributed by atoms with Crippen molar-refractivity contribution < 1.29 is 4.74 Å². The summed E-state index contributed by atoms with van der Waals surface area (Å²) in [5.41, 5.74) is 1.94. The maximum Gasteiger partial charge on any atom is 0.321 e. The summed E-state index contributed by atoms with van der Waals surface area (Å²) in [6.07, 6.45) is 3.51. The summed E-state index contributed by atoms with van der Waals surface area (Å²) >= 11 is 0. The van der Waals surface area contributed by atoms with E-state index in [4.69, 9.17) is 4.74 Å². The summed E-state index contributed by atoms with van der Waals surface area (Å²) < 4.78 is 5.38. The first-order valence-electron chi connectivity index (χ1n) is 6.28. The fourth-order valence-electron chi connectivity index (χ4n) is 1.63. The van der Waals surface area contributed by atoms with E-state index in [9.17, 15) is 0 Å². The highest BCUT2D eigenvalue weighted by Gasteiger charge is 2.10. The molecule has 0 aliphatic carbocycles. The molecule has 6 nitrogen and oxygen atoms in total. The van der Waals surface area contributed by atoms with E-state index in [2.05, 4.69) is 25.3 Å². The van der Waals surface area contributed by atoms with Gasteiger partial charge in [0.05, 0.1) is 6.61 Å². The van der Waals surface area contributed by atoms with Crippen LogP contribution >= 0.6 is 0 Å². The Morgan fingerprint density at radius 3 is 2.74 bits per heavy atom. The van der Waals surface area contributed by atoms with Crippen molar-refractivity contribution in [3.63, 3.8) is 0 Å². The van der Waals surface area contributed by atoms with Crippen molar-refractivity contribution in [2.45, 2.75) is 20.8 Å². The number of hydrogen-bond acceptors (Lipinski definition) is 6. The number of nitrogens with zero attached hydrogens (tertiary/aromatic N) is 4. The van der Waals surface area contributed by atoms with Crippen LogP contribution in [0.1, 0.15) is 19.4 Å². The van der Waals surface area contributed by atoms with E-state index in [1.165, 1.54) is 0 Å². The number of hydrogen-bond donors (Lipinski definition) is 1. The molecule has 19 heavy (non-hydrogen) atoms. The third-order valence-electron chi connectivity index (χ3n) is 2.48. The van der Waals surface area contributed by atoms with Crippen molar-refractivity contribution in [1.82, 2.24) is 19.9 Å². The third kappa shape index (κ3) is 3.15. The van der Waals surface area contributed by atoms with Crippen LogP contribution in [0.25, 0.3) is 11.4 Å². The molecule has 0 aromatic carbocycles. The summed E-state index contributed by atoms with van der Waals surface area (Å²) in [6, 6.07) is 2.22. The van der Waals surface area contributed by atoms with Gasteiger partial charge in [-0.3, -0.25) is 4.98 Å². The topological polar surface area (TPSA) is 72.8 Å². The summed E-state index contributed by atoms with van der Waals surface area (Å²) in [7, 11) is 0. The minimum absolute atomic E-state index is 0.333. The van der Waals surface area contributed by atoms with Crippen LogP contribution in [0.15, 0.2) is 18.5 Å². The summed E-state index contributed by atoms with van der Waals surface area (Å²) in [6.45, 7) is 7.11. The van der Waals surface area contributed by atoms with Gasteiger partial charge in [0, 0.05) is 24.5 Å². The van der Waals surface area contributed by atoms with Crippen LogP contribution in [0.4, 0.5) is 5.95 Å². The predicted octanol–water partition coefficient (Wildman–Crippen LogP) is 2.07. The zero-order valence-electron chi connectivity index (χ0n) is 11.3. The van der Waals surface area contributed by atoms with Crippen molar-refractivity contribution in [3.05, 3.63) is 24.0 Å². The largest absolute Gasteiger partial charge is 0.464 e. The minimum atomic E-state index is 0.333. The zero-order chi connectivity index (χ0) is 13.7. The molecular formula is C13H17N5O. The van der Waals surface area contributed by atoms with Gasteiger partial charge in [0.1, 0.15) is 0 Å². The maximum absolute atomic E-state index is 5.38. The van der Waals surface area contributed by atoms with Crippen molar-refractivity contribution in [3.8, 4) is 17.4 Å². The highest BCUT2D eigenvalue weighted by Crippen LogP contribution is 2.21. The Balaban J connectivity index is 2.46. The van der Waals surface area contributed by atoms with Crippen LogP contribution in [0, 0.1) is 6.92 Å². The number of anilines is 1. The van der Waals surface area contributed by atoms with Gasteiger partial charge in [0.15, 0.2) is 5.82 Å². The van der Waals surface area contributed by atoms with Crippen LogP contribution in [-0.2, 0) is 0 Å². The van der Waals surface area contributed by atoms with Gasteiger partial charge in [0.2, 0.25) is 5.95 Å².